The highest BCUT2D eigenvalue weighted by Gasteiger charge is 2.45. The lowest BCUT2D eigenvalue weighted by atomic mass is 9.76. The van der Waals surface area contributed by atoms with Gasteiger partial charge in [-0.15, -0.1) is 0 Å². The molecule has 1 atom stereocenters. The summed E-state index contributed by atoms with van der Waals surface area (Å²) in [6.45, 7) is 3.61. The van der Waals surface area contributed by atoms with Crippen LogP contribution in [0.1, 0.15) is 36.1 Å². The molecule has 2 aromatic carbocycles. The second-order valence-electron chi connectivity index (χ2n) is 7.11. The van der Waals surface area contributed by atoms with Crippen LogP contribution in [0.25, 0.3) is 11.6 Å². The number of ether oxygens (including phenoxy) is 1. The van der Waals surface area contributed by atoms with Gasteiger partial charge in [0.15, 0.2) is 5.78 Å². The minimum absolute atomic E-state index is 0.228. The molecule has 0 saturated heterocycles. The van der Waals surface area contributed by atoms with Gasteiger partial charge in [-0.1, -0.05) is 41.4 Å². The summed E-state index contributed by atoms with van der Waals surface area (Å²) >= 11 is 12.5. The van der Waals surface area contributed by atoms with Crippen LogP contribution in [0.3, 0.4) is 0 Å². The van der Waals surface area contributed by atoms with Crippen LogP contribution >= 0.6 is 23.2 Å². The zero-order chi connectivity index (χ0) is 18.6. The van der Waals surface area contributed by atoms with E-state index in [4.69, 9.17) is 27.9 Å². The number of benzene rings is 2. The van der Waals surface area contributed by atoms with E-state index in [-0.39, 0.29) is 5.78 Å². The Morgan fingerprint density at radius 2 is 1.92 bits per heavy atom. The maximum absolute atomic E-state index is 13.1. The van der Waals surface area contributed by atoms with Crippen LogP contribution in [0.4, 0.5) is 0 Å². The monoisotopic (exact) mass is 386 g/mol. The molecule has 1 aliphatic heterocycles. The number of allylic oxidation sites excluding steroid dienone is 1. The third-order valence-electron chi connectivity index (χ3n) is 4.94. The van der Waals surface area contributed by atoms with Crippen LogP contribution in [-0.4, -0.2) is 11.8 Å². The number of cyclic esters (lactones) is 1. The lowest BCUT2D eigenvalue weighted by Crippen LogP contribution is -2.32. The maximum atomic E-state index is 13.1. The fraction of sp³-hybridized carbons (Fsp3) is 0.238. The minimum Gasteiger partial charge on any atom is -0.454 e. The number of hydrogen-bond donors (Lipinski definition) is 0. The molecule has 1 heterocycles. The van der Waals surface area contributed by atoms with Crippen molar-refractivity contribution in [1.29, 1.82) is 0 Å². The average molecular weight is 387 g/mol. The van der Waals surface area contributed by atoms with Gasteiger partial charge in [-0.25, -0.2) is 0 Å². The summed E-state index contributed by atoms with van der Waals surface area (Å²) in [5, 5.41) is 1.12. The smallest absolute Gasteiger partial charge is 0.318 e. The lowest BCUT2D eigenvalue weighted by molar-refractivity contribution is -0.162. The minimum atomic E-state index is -0.889. The molecule has 1 aliphatic carbocycles. The zero-order valence-electron chi connectivity index (χ0n) is 14.3. The number of carbonyl (C=O) groups is 2. The normalized spacial score (nSPS) is 22.2. The van der Waals surface area contributed by atoms with Gasteiger partial charge in [0, 0.05) is 21.2 Å². The highest BCUT2D eigenvalue weighted by molar-refractivity contribution is 6.34. The van der Waals surface area contributed by atoms with Crippen molar-refractivity contribution in [3.63, 3.8) is 0 Å². The third-order valence-corrected chi connectivity index (χ3v) is 5.49. The van der Waals surface area contributed by atoms with Crippen LogP contribution in [0.5, 0.6) is 0 Å². The molecule has 132 valence electrons. The Morgan fingerprint density at radius 3 is 2.65 bits per heavy atom. The molecule has 2 aromatic rings. The number of rotatable bonds is 1. The van der Waals surface area contributed by atoms with Gasteiger partial charge < -0.3 is 4.74 Å². The van der Waals surface area contributed by atoms with E-state index in [1.165, 1.54) is 0 Å². The summed E-state index contributed by atoms with van der Waals surface area (Å²) in [6.07, 6.45) is 2.10. The molecule has 2 aliphatic rings. The van der Waals surface area contributed by atoms with Crippen molar-refractivity contribution in [1.82, 2.24) is 0 Å². The second-order valence-corrected chi connectivity index (χ2v) is 7.96. The number of esters is 1. The van der Waals surface area contributed by atoms with E-state index < -0.39 is 17.5 Å². The highest BCUT2D eigenvalue weighted by atomic mass is 35.5. The van der Waals surface area contributed by atoms with Gasteiger partial charge in [0.25, 0.3) is 0 Å². The molecule has 5 heteroatoms. The first-order valence-corrected chi connectivity index (χ1v) is 9.10. The van der Waals surface area contributed by atoms with E-state index in [1.54, 1.807) is 38.1 Å². The molecule has 0 amide bonds. The van der Waals surface area contributed by atoms with Gasteiger partial charge >= 0.3 is 5.97 Å². The lowest BCUT2D eigenvalue weighted by Gasteiger charge is -2.27. The summed E-state index contributed by atoms with van der Waals surface area (Å²) in [7, 11) is 0. The van der Waals surface area contributed by atoms with E-state index >= 15 is 0 Å². The average Bonchev–Trinajstić information content (AvgIpc) is 2.65. The fourth-order valence-corrected chi connectivity index (χ4v) is 4.43. The van der Waals surface area contributed by atoms with Crippen LogP contribution in [0, 0.1) is 5.92 Å². The van der Waals surface area contributed by atoms with E-state index in [0.717, 1.165) is 22.3 Å². The Balaban J connectivity index is 2.00. The van der Waals surface area contributed by atoms with Gasteiger partial charge in [0.1, 0.15) is 11.5 Å². The largest absolute Gasteiger partial charge is 0.454 e. The van der Waals surface area contributed by atoms with Crippen molar-refractivity contribution in [2.45, 2.75) is 25.9 Å². The number of Topliss-reactive ketones (excluding diaryl/α,β-unsaturated/α-hetero) is 1. The molecule has 3 nitrogen and oxygen atoms in total. The fourth-order valence-electron chi connectivity index (χ4n) is 3.83. The molecule has 0 aromatic heterocycles. The van der Waals surface area contributed by atoms with E-state index in [2.05, 4.69) is 0 Å². The summed E-state index contributed by atoms with van der Waals surface area (Å²) in [5.74, 6) is -1.57. The van der Waals surface area contributed by atoms with Crippen LogP contribution in [0.2, 0.25) is 10.0 Å². The Morgan fingerprint density at radius 1 is 1.15 bits per heavy atom. The number of ketones is 1. The molecule has 4 rings (SSSR count). The molecule has 0 spiro atoms. The number of fused-ring (bicyclic) bond motifs is 1. The molecule has 0 saturated carbocycles. The second kappa shape index (κ2) is 5.97. The van der Waals surface area contributed by atoms with Crippen LogP contribution in [-0.2, 0) is 26.3 Å². The Labute approximate surface area is 161 Å². The molecule has 0 fully saturated rings. The Bertz CT molecular complexity index is 989. The van der Waals surface area contributed by atoms with Gasteiger partial charge in [-0.05, 0) is 61.2 Å². The summed E-state index contributed by atoms with van der Waals surface area (Å²) in [6, 6.07) is 10.9. The topological polar surface area (TPSA) is 43.4 Å². The van der Waals surface area contributed by atoms with Crippen LogP contribution in [0.15, 0.2) is 36.4 Å². The van der Waals surface area contributed by atoms with E-state index in [1.807, 2.05) is 18.2 Å². The molecular weight excluding hydrogens is 371 g/mol. The number of halogens is 2. The first-order chi connectivity index (χ1) is 12.3. The van der Waals surface area contributed by atoms with Crippen molar-refractivity contribution >= 4 is 46.6 Å². The highest BCUT2D eigenvalue weighted by Crippen LogP contribution is 2.45. The molecule has 1 unspecified atom stereocenters. The molecule has 26 heavy (non-hydrogen) atoms. The Kier molecular flexibility index (Phi) is 3.98. The van der Waals surface area contributed by atoms with Crippen molar-refractivity contribution < 1.29 is 14.3 Å². The molecular formula is C21H16Cl2O3. The SMILES string of the molecule is CC1(C)OC(=O)C2Cc3c(ccc(Cl)c31)/C(=C\c1cccc(Cl)c1)C2=O. The number of hydrogen-bond acceptors (Lipinski definition) is 3. The Hall–Kier alpha value is -2.10. The van der Waals surface area contributed by atoms with Crippen molar-refractivity contribution in [2.24, 2.45) is 5.92 Å². The molecule has 0 N–H and O–H groups in total. The van der Waals surface area contributed by atoms with Gasteiger partial charge in [0.05, 0.1) is 0 Å². The first-order valence-electron chi connectivity index (χ1n) is 8.34. The third kappa shape index (κ3) is 2.67. The van der Waals surface area contributed by atoms with Crippen LogP contribution < -0.4 is 0 Å². The summed E-state index contributed by atoms with van der Waals surface area (Å²) in [4.78, 5) is 25.7. The van der Waals surface area contributed by atoms with Gasteiger partial charge in [-0.2, -0.15) is 0 Å². The van der Waals surface area contributed by atoms with E-state index in [0.29, 0.717) is 22.0 Å². The maximum Gasteiger partial charge on any atom is 0.318 e. The molecule has 0 radical (unpaired) electrons. The first kappa shape index (κ1) is 17.3. The zero-order valence-corrected chi connectivity index (χ0v) is 15.8. The van der Waals surface area contributed by atoms with Crippen molar-refractivity contribution in [3.8, 4) is 0 Å². The predicted octanol–water partition coefficient (Wildman–Crippen LogP) is 5.07. The van der Waals surface area contributed by atoms with Crippen molar-refractivity contribution in [2.75, 3.05) is 0 Å². The van der Waals surface area contributed by atoms with Gasteiger partial charge in [0.2, 0.25) is 0 Å². The van der Waals surface area contributed by atoms with Crippen molar-refractivity contribution in [3.05, 3.63) is 68.7 Å². The summed E-state index contributed by atoms with van der Waals surface area (Å²) in [5.41, 5.74) is 2.89. The standard InChI is InChI=1S/C21H16Cl2O3/c1-21(2)18-14-10-16(20(25)26-21)19(24)15(13(14)6-7-17(18)23)9-11-4-3-5-12(22)8-11/h3-9,16H,10H2,1-2H3/b15-9+. The van der Waals surface area contributed by atoms with Gasteiger partial charge in [-0.3, -0.25) is 9.59 Å². The predicted molar refractivity (Wildman–Crippen MR) is 102 cm³/mol. The number of carbonyl (C=O) groups excluding carboxylic acids is 2. The van der Waals surface area contributed by atoms with E-state index in [9.17, 15) is 9.59 Å². The molecule has 2 bridgehead atoms. The summed E-state index contributed by atoms with van der Waals surface area (Å²) < 4.78 is 5.64. The quantitative estimate of drug-likeness (QED) is 0.390.